The number of benzene rings is 1. The van der Waals surface area contributed by atoms with E-state index in [-0.39, 0.29) is 4.90 Å². The maximum absolute atomic E-state index is 12.6. The third-order valence-electron chi connectivity index (χ3n) is 3.48. The summed E-state index contributed by atoms with van der Waals surface area (Å²) in [6, 6.07) is 6.26. The lowest BCUT2D eigenvalue weighted by molar-refractivity contribution is 0.384. The summed E-state index contributed by atoms with van der Waals surface area (Å²) in [6.45, 7) is 4.00. The second kappa shape index (κ2) is 6.11. The minimum absolute atomic E-state index is 0.275. The number of aromatic nitrogens is 2. The summed E-state index contributed by atoms with van der Waals surface area (Å²) in [5.74, 6) is 0. The summed E-state index contributed by atoms with van der Waals surface area (Å²) in [5, 5.41) is 10.4. The molecule has 0 unspecified atom stereocenters. The predicted octanol–water partition coefficient (Wildman–Crippen LogP) is 2.01. The molecular weight excluding hydrogens is 344 g/mol. The first-order valence-electron chi connectivity index (χ1n) is 6.77. The first-order valence-corrected chi connectivity index (χ1v) is 9.41. The van der Waals surface area contributed by atoms with E-state index in [1.165, 1.54) is 27.8 Å². The van der Waals surface area contributed by atoms with Crippen molar-refractivity contribution in [2.24, 2.45) is 0 Å². The van der Waals surface area contributed by atoms with Gasteiger partial charge >= 0.3 is 0 Å². The average molecular weight is 359 g/mol. The summed E-state index contributed by atoms with van der Waals surface area (Å²) in [6.07, 6.45) is 0. The molecule has 9 heteroatoms. The van der Waals surface area contributed by atoms with Crippen LogP contribution in [0.4, 0.5) is 5.13 Å². The SMILES string of the molecule is Cc1nnc(N2CCN(S(=O)(=O)c3ccc(Cl)cc3)CC2)s1. The van der Waals surface area contributed by atoms with Gasteiger partial charge in [0.1, 0.15) is 5.01 Å². The quantitative estimate of drug-likeness (QED) is 0.839. The van der Waals surface area contributed by atoms with Gasteiger partial charge in [-0.05, 0) is 31.2 Å². The lowest BCUT2D eigenvalue weighted by atomic mass is 10.4. The van der Waals surface area contributed by atoms with Gasteiger partial charge in [-0.2, -0.15) is 4.31 Å². The molecule has 0 spiro atoms. The molecule has 1 aliphatic heterocycles. The van der Waals surface area contributed by atoms with Crippen molar-refractivity contribution in [2.75, 3.05) is 31.1 Å². The fourth-order valence-electron chi connectivity index (χ4n) is 2.29. The Morgan fingerprint density at radius 2 is 1.73 bits per heavy atom. The highest BCUT2D eigenvalue weighted by atomic mass is 35.5. The molecule has 118 valence electrons. The molecular formula is C13H15ClN4O2S2. The van der Waals surface area contributed by atoms with Crippen LogP contribution in [0.5, 0.6) is 0 Å². The number of hydrogen-bond donors (Lipinski definition) is 0. The van der Waals surface area contributed by atoms with Gasteiger partial charge < -0.3 is 4.90 Å². The summed E-state index contributed by atoms with van der Waals surface area (Å²) in [4.78, 5) is 2.34. The minimum atomic E-state index is -3.46. The van der Waals surface area contributed by atoms with Crippen LogP contribution in [0.25, 0.3) is 0 Å². The summed E-state index contributed by atoms with van der Waals surface area (Å²) >= 11 is 7.33. The highest BCUT2D eigenvalue weighted by molar-refractivity contribution is 7.89. The molecule has 1 aromatic heterocycles. The van der Waals surface area contributed by atoms with Crippen molar-refractivity contribution in [1.82, 2.24) is 14.5 Å². The van der Waals surface area contributed by atoms with Gasteiger partial charge in [0.25, 0.3) is 0 Å². The molecule has 0 aliphatic carbocycles. The highest BCUT2D eigenvalue weighted by Crippen LogP contribution is 2.24. The first kappa shape index (κ1) is 15.7. The van der Waals surface area contributed by atoms with E-state index in [0.29, 0.717) is 31.2 Å². The van der Waals surface area contributed by atoms with Crippen molar-refractivity contribution in [3.05, 3.63) is 34.3 Å². The van der Waals surface area contributed by atoms with Crippen LogP contribution in [0.2, 0.25) is 5.02 Å². The molecule has 6 nitrogen and oxygen atoms in total. The molecule has 0 bridgehead atoms. The van der Waals surface area contributed by atoms with Crippen molar-refractivity contribution in [2.45, 2.75) is 11.8 Å². The van der Waals surface area contributed by atoms with Crippen LogP contribution in [-0.4, -0.2) is 49.1 Å². The number of nitrogens with zero attached hydrogens (tertiary/aromatic N) is 4. The molecule has 0 amide bonds. The number of sulfonamides is 1. The number of hydrogen-bond acceptors (Lipinski definition) is 6. The third-order valence-corrected chi connectivity index (χ3v) is 6.54. The number of rotatable bonds is 3. The van der Waals surface area contributed by atoms with Crippen molar-refractivity contribution in [3.8, 4) is 0 Å². The molecule has 1 aromatic carbocycles. The van der Waals surface area contributed by atoms with Gasteiger partial charge in [0.05, 0.1) is 4.90 Å². The maximum atomic E-state index is 12.6. The van der Waals surface area contributed by atoms with Crippen LogP contribution >= 0.6 is 22.9 Å². The Bertz CT molecular complexity index is 753. The van der Waals surface area contributed by atoms with Gasteiger partial charge in [0.15, 0.2) is 0 Å². The Morgan fingerprint density at radius 1 is 1.09 bits per heavy atom. The molecule has 2 heterocycles. The highest BCUT2D eigenvalue weighted by Gasteiger charge is 2.29. The van der Waals surface area contributed by atoms with E-state index >= 15 is 0 Å². The van der Waals surface area contributed by atoms with Crippen LogP contribution in [0.3, 0.4) is 0 Å². The first-order chi connectivity index (χ1) is 10.5. The lowest BCUT2D eigenvalue weighted by Gasteiger charge is -2.33. The second-order valence-electron chi connectivity index (χ2n) is 4.95. The number of piperazine rings is 1. The Balaban J connectivity index is 1.71. The maximum Gasteiger partial charge on any atom is 0.243 e. The van der Waals surface area contributed by atoms with E-state index in [9.17, 15) is 8.42 Å². The molecule has 3 rings (SSSR count). The van der Waals surface area contributed by atoms with Crippen LogP contribution in [0, 0.1) is 6.92 Å². The summed E-state index contributed by atoms with van der Waals surface area (Å²) in [5.41, 5.74) is 0. The van der Waals surface area contributed by atoms with Crippen LogP contribution in [0.1, 0.15) is 5.01 Å². The van der Waals surface area contributed by atoms with Gasteiger partial charge in [-0.1, -0.05) is 22.9 Å². The molecule has 0 N–H and O–H groups in total. The van der Waals surface area contributed by atoms with E-state index in [1.54, 1.807) is 12.1 Å². The van der Waals surface area contributed by atoms with Gasteiger partial charge in [0, 0.05) is 31.2 Å². The Kier molecular flexibility index (Phi) is 4.35. The average Bonchev–Trinajstić information content (AvgIpc) is 2.94. The summed E-state index contributed by atoms with van der Waals surface area (Å²) < 4.78 is 26.7. The fourth-order valence-corrected chi connectivity index (χ4v) is 4.58. The molecule has 0 radical (unpaired) electrons. The zero-order valence-corrected chi connectivity index (χ0v) is 14.3. The number of aryl methyl sites for hydroxylation is 1. The van der Waals surface area contributed by atoms with Crippen molar-refractivity contribution < 1.29 is 8.42 Å². The Morgan fingerprint density at radius 3 is 2.27 bits per heavy atom. The molecule has 0 atom stereocenters. The fraction of sp³-hybridized carbons (Fsp3) is 0.385. The van der Waals surface area contributed by atoms with E-state index in [1.807, 2.05) is 6.92 Å². The third kappa shape index (κ3) is 3.10. The summed E-state index contributed by atoms with van der Waals surface area (Å²) in [7, 11) is -3.46. The molecule has 2 aromatic rings. The van der Waals surface area contributed by atoms with Gasteiger partial charge in [-0.25, -0.2) is 8.42 Å². The van der Waals surface area contributed by atoms with E-state index in [0.717, 1.165) is 10.1 Å². The molecule has 1 saturated heterocycles. The van der Waals surface area contributed by atoms with Crippen LogP contribution in [-0.2, 0) is 10.0 Å². The van der Waals surface area contributed by atoms with E-state index < -0.39 is 10.0 Å². The van der Waals surface area contributed by atoms with E-state index in [4.69, 9.17) is 11.6 Å². The largest absolute Gasteiger partial charge is 0.344 e. The topological polar surface area (TPSA) is 66.4 Å². The normalized spacial score (nSPS) is 16.9. The standard InChI is InChI=1S/C13H15ClN4O2S2/c1-10-15-16-13(21-10)17-6-8-18(9-7-17)22(19,20)12-4-2-11(14)3-5-12/h2-5H,6-9H2,1H3. The molecule has 1 aliphatic rings. The van der Waals surface area contributed by atoms with Gasteiger partial charge in [-0.3, -0.25) is 0 Å². The monoisotopic (exact) mass is 358 g/mol. The van der Waals surface area contributed by atoms with Crippen molar-refractivity contribution in [1.29, 1.82) is 0 Å². The second-order valence-corrected chi connectivity index (χ2v) is 8.48. The van der Waals surface area contributed by atoms with Crippen molar-refractivity contribution in [3.63, 3.8) is 0 Å². The number of halogens is 1. The Labute approximate surface area is 138 Å². The number of anilines is 1. The minimum Gasteiger partial charge on any atom is -0.344 e. The van der Waals surface area contributed by atoms with Gasteiger partial charge in [0.2, 0.25) is 15.2 Å². The van der Waals surface area contributed by atoms with E-state index in [2.05, 4.69) is 15.1 Å². The molecule has 22 heavy (non-hydrogen) atoms. The zero-order chi connectivity index (χ0) is 15.7. The Hall–Kier alpha value is -1.22. The predicted molar refractivity (Wildman–Crippen MR) is 87.1 cm³/mol. The zero-order valence-electron chi connectivity index (χ0n) is 11.9. The lowest BCUT2D eigenvalue weighted by Crippen LogP contribution is -2.48. The molecule has 0 saturated carbocycles. The molecule has 1 fully saturated rings. The smallest absolute Gasteiger partial charge is 0.243 e. The van der Waals surface area contributed by atoms with Crippen LogP contribution in [0.15, 0.2) is 29.2 Å². The van der Waals surface area contributed by atoms with Crippen molar-refractivity contribution >= 4 is 38.1 Å². The van der Waals surface area contributed by atoms with Crippen LogP contribution < -0.4 is 4.90 Å². The van der Waals surface area contributed by atoms with Gasteiger partial charge in [-0.15, -0.1) is 10.2 Å².